The molecule has 0 saturated carbocycles. The number of benzene rings is 4. The minimum Gasteiger partial charge on any atom is -0.371 e. The number of amides is 1. The van der Waals surface area contributed by atoms with Crippen LogP contribution in [0.25, 0.3) is 44.5 Å². The standard InChI is InChI=1S/C41H40Cl2N8O/c1-5-50(21-20-49(3)4)32-13-9-12-29(22-32)34-24-45-48-40(34)47-41(52)38-36(33-19-18-31(43)23-35(33)46-38)39-37(28-10-7-6-8-11-28)44-25-51(39)26(2)27-14-16-30(42)17-15-27/h6-19,22-26,46H,5,20-21H2,1-4H3,(H2,45,47,48,52). The third-order valence-corrected chi connectivity index (χ3v) is 9.92. The minimum absolute atomic E-state index is 0.141. The number of nitrogens with zero attached hydrogens (tertiary/aromatic N) is 5. The van der Waals surface area contributed by atoms with Gasteiger partial charge in [-0.3, -0.25) is 9.89 Å². The number of halogens is 2. The van der Waals surface area contributed by atoms with Gasteiger partial charge in [-0.05, 0) is 75.5 Å². The van der Waals surface area contributed by atoms with Crippen molar-refractivity contribution in [3.05, 3.63) is 131 Å². The van der Waals surface area contributed by atoms with Crippen LogP contribution >= 0.6 is 23.2 Å². The molecule has 52 heavy (non-hydrogen) atoms. The Bertz CT molecular complexity index is 2320. The Morgan fingerprint density at radius 3 is 2.40 bits per heavy atom. The van der Waals surface area contributed by atoms with Gasteiger partial charge in [0.1, 0.15) is 11.5 Å². The molecular weight excluding hydrogens is 691 g/mol. The molecule has 0 radical (unpaired) electrons. The molecule has 0 aliphatic carbocycles. The van der Waals surface area contributed by atoms with Gasteiger partial charge in [-0.2, -0.15) is 5.10 Å². The Morgan fingerprint density at radius 2 is 1.65 bits per heavy atom. The number of anilines is 2. The van der Waals surface area contributed by atoms with Gasteiger partial charge < -0.3 is 24.7 Å². The smallest absolute Gasteiger partial charge is 0.273 e. The van der Waals surface area contributed by atoms with Crippen LogP contribution in [0.15, 0.2) is 110 Å². The van der Waals surface area contributed by atoms with Crippen LogP contribution in [-0.4, -0.2) is 69.3 Å². The number of H-pyrrole nitrogens is 2. The molecule has 0 bridgehead atoms. The molecule has 4 aromatic carbocycles. The maximum Gasteiger partial charge on any atom is 0.273 e. The van der Waals surface area contributed by atoms with E-state index in [-0.39, 0.29) is 11.9 Å². The number of carbonyl (C=O) groups excluding carboxylic acids is 1. The van der Waals surface area contributed by atoms with E-state index >= 15 is 0 Å². The van der Waals surface area contributed by atoms with Crippen LogP contribution in [0, 0.1) is 0 Å². The number of hydrogen-bond acceptors (Lipinski definition) is 5. The number of aromatic nitrogens is 5. The highest BCUT2D eigenvalue weighted by Gasteiger charge is 2.28. The van der Waals surface area contributed by atoms with Gasteiger partial charge in [0, 0.05) is 63.0 Å². The highest BCUT2D eigenvalue weighted by Crippen LogP contribution is 2.42. The van der Waals surface area contributed by atoms with Crippen molar-refractivity contribution < 1.29 is 4.79 Å². The quantitative estimate of drug-likeness (QED) is 0.116. The summed E-state index contributed by atoms with van der Waals surface area (Å²) in [6.07, 6.45) is 3.58. The molecule has 1 unspecified atom stereocenters. The molecular formula is C41H40Cl2N8O. The summed E-state index contributed by atoms with van der Waals surface area (Å²) in [6.45, 7) is 6.97. The van der Waals surface area contributed by atoms with E-state index in [4.69, 9.17) is 28.2 Å². The molecule has 1 amide bonds. The zero-order chi connectivity index (χ0) is 36.4. The summed E-state index contributed by atoms with van der Waals surface area (Å²) < 4.78 is 2.11. The van der Waals surface area contributed by atoms with Crippen LogP contribution < -0.4 is 10.2 Å². The van der Waals surface area contributed by atoms with Gasteiger partial charge in [-0.1, -0.05) is 83.9 Å². The first kappa shape index (κ1) is 35.1. The fraction of sp³-hybridized carbons (Fsp3) is 0.195. The Hall–Kier alpha value is -5.35. The number of carbonyl (C=O) groups is 1. The van der Waals surface area contributed by atoms with Crippen molar-refractivity contribution in [3.8, 4) is 33.6 Å². The number of aromatic amines is 2. The summed E-state index contributed by atoms with van der Waals surface area (Å²) >= 11 is 12.8. The lowest BCUT2D eigenvalue weighted by Gasteiger charge is -2.25. The topological polar surface area (TPSA) is 97.9 Å². The van der Waals surface area contributed by atoms with Gasteiger partial charge in [0.25, 0.3) is 5.91 Å². The molecule has 3 aromatic heterocycles. The second-order valence-electron chi connectivity index (χ2n) is 13.1. The van der Waals surface area contributed by atoms with E-state index in [1.807, 2.05) is 91.3 Å². The Kier molecular flexibility index (Phi) is 10.2. The van der Waals surface area contributed by atoms with Crippen molar-refractivity contribution in [1.29, 1.82) is 0 Å². The lowest BCUT2D eigenvalue weighted by atomic mass is 9.99. The van der Waals surface area contributed by atoms with Crippen molar-refractivity contribution in [1.82, 2.24) is 29.6 Å². The van der Waals surface area contributed by atoms with E-state index in [9.17, 15) is 4.79 Å². The lowest BCUT2D eigenvalue weighted by Crippen LogP contribution is -2.31. The lowest BCUT2D eigenvalue weighted by molar-refractivity contribution is 0.102. The van der Waals surface area contributed by atoms with Crippen molar-refractivity contribution in [2.75, 3.05) is 43.9 Å². The predicted octanol–water partition coefficient (Wildman–Crippen LogP) is 9.64. The Labute approximate surface area is 313 Å². The first-order valence-corrected chi connectivity index (χ1v) is 18.0. The minimum atomic E-state index is -0.337. The third kappa shape index (κ3) is 7.08. The fourth-order valence-corrected chi connectivity index (χ4v) is 6.93. The molecule has 7 aromatic rings. The summed E-state index contributed by atoms with van der Waals surface area (Å²) in [5.74, 6) is 0.156. The van der Waals surface area contributed by atoms with Gasteiger partial charge in [0.2, 0.25) is 0 Å². The number of nitrogens with one attached hydrogen (secondary N) is 3. The number of rotatable bonds is 12. The molecule has 0 aliphatic rings. The molecule has 7 rings (SSSR count). The molecule has 264 valence electrons. The van der Waals surface area contributed by atoms with Crippen LogP contribution in [0.4, 0.5) is 11.5 Å². The summed E-state index contributed by atoms with van der Waals surface area (Å²) in [4.78, 5) is 27.5. The molecule has 3 N–H and O–H groups in total. The maximum atomic E-state index is 14.6. The monoisotopic (exact) mass is 730 g/mol. The molecule has 0 saturated heterocycles. The number of fused-ring (bicyclic) bond motifs is 1. The van der Waals surface area contributed by atoms with Gasteiger partial charge in [-0.25, -0.2) is 4.98 Å². The molecule has 0 aliphatic heterocycles. The van der Waals surface area contributed by atoms with E-state index in [0.29, 0.717) is 27.1 Å². The Morgan fingerprint density at radius 1 is 0.904 bits per heavy atom. The normalized spacial score (nSPS) is 12.1. The third-order valence-electron chi connectivity index (χ3n) is 9.43. The highest BCUT2D eigenvalue weighted by molar-refractivity contribution is 6.31. The van der Waals surface area contributed by atoms with Gasteiger partial charge in [0.15, 0.2) is 0 Å². The van der Waals surface area contributed by atoms with Crippen molar-refractivity contribution in [2.45, 2.75) is 19.9 Å². The van der Waals surface area contributed by atoms with Crippen LogP contribution in [0.2, 0.25) is 10.0 Å². The van der Waals surface area contributed by atoms with Crippen LogP contribution in [0.1, 0.15) is 35.9 Å². The molecule has 0 fully saturated rings. The largest absolute Gasteiger partial charge is 0.371 e. The average molecular weight is 732 g/mol. The van der Waals surface area contributed by atoms with Crippen LogP contribution in [0.3, 0.4) is 0 Å². The highest BCUT2D eigenvalue weighted by atomic mass is 35.5. The van der Waals surface area contributed by atoms with Crippen molar-refractivity contribution in [3.63, 3.8) is 0 Å². The molecule has 9 nitrogen and oxygen atoms in total. The van der Waals surface area contributed by atoms with Crippen LogP contribution in [0.5, 0.6) is 0 Å². The first-order valence-electron chi connectivity index (χ1n) is 17.3. The first-order chi connectivity index (χ1) is 25.2. The second-order valence-corrected chi connectivity index (χ2v) is 13.9. The molecule has 3 heterocycles. The number of imidazole rings is 1. The zero-order valence-corrected chi connectivity index (χ0v) is 31.0. The van der Waals surface area contributed by atoms with Crippen molar-refractivity contribution in [2.24, 2.45) is 0 Å². The van der Waals surface area contributed by atoms with Gasteiger partial charge in [0.05, 0.1) is 30.0 Å². The summed E-state index contributed by atoms with van der Waals surface area (Å²) in [5.41, 5.74) is 8.16. The van der Waals surface area contributed by atoms with E-state index < -0.39 is 0 Å². The van der Waals surface area contributed by atoms with E-state index in [0.717, 1.165) is 69.9 Å². The van der Waals surface area contributed by atoms with E-state index in [1.165, 1.54) is 0 Å². The summed E-state index contributed by atoms with van der Waals surface area (Å²) in [5, 5.41) is 12.6. The van der Waals surface area contributed by atoms with Crippen LogP contribution in [-0.2, 0) is 0 Å². The molecule has 11 heteroatoms. The predicted molar refractivity (Wildman–Crippen MR) is 214 cm³/mol. The van der Waals surface area contributed by atoms with Gasteiger partial charge in [-0.15, -0.1) is 0 Å². The molecule has 1 atom stereocenters. The maximum absolute atomic E-state index is 14.6. The fourth-order valence-electron chi connectivity index (χ4n) is 6.63. The second kappa shape index (κ2) is 15.1. The number of likely N-dealkylation sites (N-methyl/N-ethyl adjacent to an activating group) is 2. The SMILES string of the molecule is CCN(CCN(C)C)c1cccc(-c2cn[nH]c2NC(=O)c2[nH]c3cc(Cl)ccc3c2-c2c(-c3ccccc3)ncn2C(C)c2ccc(Cl)cc2)c1. The zero-order valence-electron chi connectivity index (χ0n) is 29.5. The van der Waals surface area contributed by atoms with E-state index in [2.05, 4.69) is 74.9 Å². The number of hydrogen-bond donors (Lipinski definition) is 3. The Balaban J connectivity index is 1.33. The average Bonchev–Trinajstić information content (AvgIpc) is 3.89. The van der Waals surface area contributed by atoms with E-state index in [1.54, 1.807) is 6.20 Å². The summed E-state index contributed by atoms with van der Waals surface area (Å²) in [7, 11) is 4.16. The molecule has 0 spiro atoms. The van der Waals surface area contributed by atoms with Crippen molar-refractivity contribution >= 4 is 51.5 Å². The van der Waals surface area contributed by atoms with Gasteiger partial charge >= 0.3 is 0 Å². The summed E-state index contributed by atoms with van der Waals surface area (Å²) in [6, 6.07) is 31.6.